The van der Waals surface area contributed by atoms with Gasteiger partial charge in [0.25, 0.3) is 0 Å². The number of carbonyl (C=O) groups is 1. The number of hydrogen-bond donors (Lipinski definition) is 2. The van der Waals surface area contributed by atoms with E-state index in [1.807, 2.05) is 0 Å². The molecule has 0 saturated carbocycles. The van der Waals surface area contributed by atoms with E-state index in [-0.39, 0.29) is 37.5 Å². The second-order valence-corrected chi connectivity index (χ2v) is 5.67. The number of carboxylic acid groups (broad SMARTS) is 1. The molecule has 0 aliphatic heterocycles. The maximum atomic E-state index is 10.5. The summed E-state index contributed by atoms with van der Waals surface area (Å²) >= 11 is 0. The van der Waals surface area contributed by atoms with E-state index in [9.17, 15) is 4.79 Å². The molecule has 0 radical (unpaired) electrons. The Hall–Kier alpha value is -0.260. The van der Waals surface area contributed by atoms with Gasteiger partial charge in [-0.15, -0.1) is 0 Å². The zero-order valence-electron chi connectivity index (χ0n) is 15.8. The molecule has 5 nitrogen and oxygen atoms in total. The Morgan fingerprint density at radius 2 is 1.50 bits per heavy atom. The predicted octanol–water partition coefficient (Wildman–Crippen LogP) is 0.355. The van der Waals surface area contributed by atoms with Crippen molar-refractivity contribution in [3.05, 3.63) is 0 Å². The van der Waals surface area contributed by atoms with E-state index in [1.54, 1.807) is 7.05 Å². The third-order valence-corrected chi connectivity index (χ3v) is 3.55. The topological polar surface area (TPSA) is 78.9 Å². The molecule has 0 aromatic heterocycles. The van der Waals surface area contributed by atoms with Crippen molar-refractivity contribution in [2.75, 3.05) is 20.1 Å². The summed E-state index contributed by atoms with van der Waals surface area (Å²) in [7, 11) is 1.64. The standard InChI is InChI=1S/C16H33N3O2.Na.H/c1-3-4-5-6-7-8-9-10-11-12-13-18-16(17)19(2)14-15(20)21;;/h3-14H2,1-2H3,(H2,17,18)(H,20,21);;/q;+1;-1. The van der Waals surface area contributed by atoms with Crippen molar-refractivity contribution < 1.29 is 40.9 Å². The quantitative estimate of drug-likeness (QED) is 0.222. The molecule has 0 amide bonds. The van der Waals surface area contributed by atoms with Crippen LogP contribution in [-0.4, -0.2) is 42.1 Å². The van der Waals surface area contributed by atoms with Crippen LogP contribution >= 0.6 is 0 Å². The monoisotopic (exact) mass is 323 g/mol. The van der Waals surface area contributed by atoms with Crippen molar-refractivity contribution in [2.24, 2.45) is 10.7 Å². The van der Waals surface area contributed by atoms with Gasteiger partial charge in [0.05, 0.1) is 0 Å². The first-order valence-corrected chi connectivity index (χ1v) is 8.30. The fourth-order valence-corrected chi connectivity index (χ4v) is 2.20. The van der Waals surface area contributed by atoms with Crippen LogP contribution in [0.25, 0.3) is 0 Å². The number of hydrogen-bond acceptors (Lipinski definition) is 2. The van der Waals surface area contributed by atoms with Crippen LogP contribution in [0.2, 0.25) is 0 Å². The Kier molecular flexibility index (Phi) is 18.7. The van der Waals surface area contributed by atoms with Gasteiger partial charge in [-0.1, -0.05) is 64.7 Å². The van der Waals surface area contributed by atoms with E-state index in [2.05, 4.69) is 11.9 Å². The zero-order valence-corrected chi connectivity index (χ0v) is 16.8. The van der Waals surface area contributed by atoms with E-state index in [0.29, 0.717) is 12.5 Å². The average molecular weight is 323 g/mol. The fourth-order valence-electron chi connectivity index (χ4n) is 2.20. The largest absolute Gasteiger partial charge is 1.00 e. The summed E-state index contributed by atoms with van der Waals surface area (Å²) in [5.41, 5.74) is 5.70. The number of likely N-dealkylation sites (N-methyl/N-ethyl adjacent to an activating group) is 1. The summed E-state index contributed by atoms with van der Waals surface area (Å²) in [6.07, 6.45) is 12.9. The molecule has 0 aromatic rings. The number of aliphatic imine (C=N–C) groups is 1. The molecule has 0 saturated heterocycles. The Bertz CT molecular complexity index is 305. The molecule has 0 heterocycles. The Morgan fingerprint density at radius 3 is 1.95 bits per heavy atom. The molecular formula is C16H34N3NaO2. The van der Waals surface area contributed by atoms with Crippen LogP contribution in [0.5, 0.6) is 0 Å². The minimum absolute atomic E-state index is 0. The molecule has 0 aromatic carbocycles. The number of nitrogens with zero attached hydrogens (tertiary/aromatic N) is 2. The van der Waals surface area contributed by atoms with Gasteiger partial charge in [0.15, 0.2) is 5.96 Å². The van der Waals surface area contributed by atoms with Gasteiger partial charge in [-0.2, -0.15) is 0 Å². The van der Waals surface area contributed by atoms with E-state index in [4.69, 9.17) is 10.8 Å². The molecule has 0 rings (SSSR count). The van der Waals surface area contributed by atoms with E-state index >= 15 is 0 Å². The van der Waals surface area contributed by atoms with E-state index in [1.165, 1.54) is 62.7 Å². The fraction of sp³-hybridized carbons (Fsp3) is 0.875. The molecule has 0 unspecified atom stereocenters. The van der Waals surface area contributed by atoms with Crippen LogP contribution in [0.3, 0.4) is 0 Å². The molecule has 0 spiro atoms. The summed E-state index contributed by atoms with van der Waals surface area (Å²) in [6, 6.07) is 0. The Balaban J connectivity index is -0.00000200. The number of carboxylic acids is 1. The molecule has 3 N–H and O–H groups in total. The summed E-state index contributed by atoms with van der Waals surface area (Å²) in [5.74, 6) is -0.581. The smallest absolute Gasteiger partial charge is 1.00 e. The average Bonchev–Trinajstić information content (AvgIpc) is 2.43. The molecule has 0 fully saturated rings. The first-order valence-electron chi connectivity index (χ1n) is 8.30. The molecule has 0 aliphatic rings. The molecule has 126 valence electrons. The van der Waals surface area contributed by atoms with Gasteiger partial charge in [-0.05, 0) is 6.42 Å². The van der Waals surface area contributed by atoms with Gasteiger partial charge >= 0.3 is 35.5 Å². The first-order chi connectivity index (χ1) is 10.1. The number of nitrogens with two attached hydrogens (primary N) is 1. The maximum absolute atomic E-state index is 10.5. The molecule has 0 bridgehead atoms. The summed E-state index contributed by atoms with van der Waals surface area (Å²) in [6.45, 7) is 2.83. The van der Waals surface area contributed by atoms with Gasteiger partial charge in [-0.25, -0.2) is 0 Å². The maximum Gasteiger partial charge on any atom is 1.00 e. The first kappa shape index (κ1) is 24.0. The van der Waals surface area contributed by atoms with Crippen LogP contribution in [0.1, 0.15) is 72.6 Å². The Labute approximate surface area is 159 Å². The molecule has 22 heavy (non-hydrogen) atoms. The van der Waals surface area contributed by atoms with Gasteiger partial charge in [0.2, 0.25) is 0 Å². The minimum Gasteiger partial charge on any atom is -1.00 e. The second kappa shape index (κ2) is 17.1. The van der Waals surface area contributed by atoms with Gasteiger partial charge in [0, 0.05) is 13.6 Å². The SMILES string of the molecule is CCCCCCCCCCCCN=C(N)N(C)CC(=O)O.[H-].[Na+]. The van der Waals surface area contributed by atoms with Gasteiger partial charge in [0.1, 0.15) is 6.54 Å². The third-order valence-electron chi connectivity index (χ3n) is 3.55. The second-order valence-electron chi connectivity index (χ2n) is 5.67. The van der Waals surface area contributed by atoms with Gasteiger partial charge in [-0.3, -0.25) is 9.79 Å². The summed E-state index contributed by atoms with van der Waals surface area (Å²) < 4.78 is 0. The van der Waals surface area contributed by atoms with Gasteiger partial charge < -0.3 is 17.2 Å². The molecular weight excluding hydrogens is 289 g/mol. The van der Waals surface area contributed by atoms with Crippen LogP contribution in [-0.2, 0) is 4.79 Å². The van der Waals surface area contributed by atoms with Crippen molar-refractivity contribution in [1.29, 1.82) is 0 Å². The molecule has 6 heteroatoms. The van der Waals surface area contributed by atoms with Crippen LogP contribution in [0, 0.1) is 0 Å². The number of aliphatic carboxylic acids is 1. The van der Waals surface area contributed by atoms with Crippen molar-refractivity contribution in [2.45, 2.75) is 71.1 Å². The van der Waals surface area contributed by atoms with E-state index < -0.39 is 5.97 Å². The number of rotatable bonds is 13. The number of guanidine groups is 1. The van der Waals surface area contributed by atoms with E-state index in [0.717, 1.165) is 6.42 Å². The van der Waals surface area contributed by atoms with Crippen molar-refractivity contribution >= 4 is 11.9 Å². The third kappa shape index (κ3) is 16.1. The minimum atomic E-state index is -0.894. The van der Waals surface area contributed by atoms with Crippen molar-refractivity contribution in [3.63, 3.8) is 0 Å². The summed E-state index contributed by atoms with van der Waals surface area (Å²) in [5, 5.41) is 8.64. The predicted molar refractivity (Wildman–Crippen MR) is 89.7 cm³/mol. The molecule has 0 atom stereocenters. The van der Waals surface area contributed by atoms with Crippen LogP contribution in [0.4, 0.5) is 0 Å². The van der Waals surface area contributed by atoms with Crippen molar-refractivity contribution in [1.82, 2.24) is 4.90 Å². The number of unbranched alkanes of at least 4 members (excludes halogenated alkanes) is 9. The van der Waals surface area contributed by atoms with Crippen molar-refractivity contribution in [3.8, 4) is 0 Å². The normalized spacial score (nSPS) is 11.1. The zero-order chi connectivity index (χ0) is 15.9. The molecule has 0 aliphatic carbocycles. The Morgan fingerprint density at radius 1 is 1.05 bits per heavy atom. The van der Waals surface area contributed by atoms with Crippen LogP contribution in [0.15, 0.2) is 4.99 Å². The van der Waals surface area contributed by atoms with Crippen LogP contribution < -0.4 is 35.3 Å². The summed E-state index contributed by atoms with van der Waals surface area (Å²) in [4.78, 5) is 16.2.